The first kappa shape index (κ1) is 31.0. The molecule has 0 saturated carbocycles. The van der Waals surface area contributed by atoms with Crippen molar-refractivity contribution in [3.05, 3.63) is 106 Å². The SMILES string of the molecule is CCN(C(=O)CNC(=O)C=Cc1ccc(C(=O)NC)cc1)c1ccc(C)c(COc2cccc3c(C)cc(C)nc23)c1C. The number of hydrogen-bond acceptors (Lipinski definition) is 5. The quantitative estimate of drug-likeness (QED) is 0.239. The second-order valence-corrected chi connectivity index (χ2v) is 10.4. The minimum absolute atomic E-state index is 0.147. The van der Waals surface area contributed by atoms with Gasteiger partial charge in [0.2, 0.25) is 11.8 Å². The number of fused-ring (bicyclic) bond motifs is 1. The summed E-state index contributed by atoms with van der Waals surface area (Å²) in [6, 6.07) is 18.8. The molecule has 1 aromatic heterocycles. The number of amides is 3. The van der Waals surface area contributed by atoms with Crippen molar-refractivity contribution in [2.24, 2.45) is 0 Å². The number of ether oxygens (including phenoxy) is 1. The smallest absolute Gasteiger partial charge is 0.251 e. The van der Waals surface area contributed by atoms with E-state index in [2.05, 4.69) is 23.6 Å². The van der Waals surface area contributed by atoms with E-state index in [1.54, 1.807) is 42.3 Å². The van der Waals surface area contributed by atoms with Crippen LogP contribution in [0, 0.1) is 27.7 Å². The molecule has 2 N–H and O–H groups in total. The van der Waals surface area contributed by atoms with E-state index in [9.17, 15) is 14.4 Å². The Labute approximate surface area is 252 Å². The first-order valence-electron chi connectivity index (χ1n) is 14.3. The van der Waals surface area contributed by atoms with E-state index in [0.29, 0.717) is 18.7 Å². The molecule has 8 nitrogen and oxygen atoms in total. The van der Waals surface area contributed by atoms with Crippen molar-refractivity contribution >= 4 is 40.4 Å². The summed E-state index contributed by atoms with van der Waals surface area (Å²) < 4.78 is 6.32. The summed E-state index contributed by atoms with van der Waals surface area (Å²) in [6.07, 6.45) is 3.01. The first-order valence-corrected chi connectivity index (χ1v) is 14.3. The van der Waals surface area contributed by atoms with Crippen molar-refractivity contribution in [3.8, 4) is 5.75 Å². The Morgan fingerprint density at radius 1 is 0.953 bits per heavy atom. The van der Waals surface area contributed by atoms with E-state index in [0.717, 1.165) is 55.9 Å². The Hall–Kier alpha value is -4.98. The van der Waals surface area contributed by atoms with Crippen LogP contribution >= 0.6 is 0 Å². The number of nitrogens with one attached hydrogen (secondary N) is 2. The summed E-state index contributed by atoms with van der Waals surface area (Å²) in [5.41, 5.74) is 8.01. The number of para-hydroxylation sites is 1. The maximum Gasteiger partial charge on any atom is 0.251 e. The van der Waals surface area contributed by atoms with Gasteiger partial charge in [-0.15, -0.1) is 0 Å². The van der Waals surface area contributed by atoms with Gasteiger partial charge in [-0.2, -0.15) is 0 Å². The summed E-state index contributed by atoms with van der Waals surface area (Å²) in [6.45, 7) is 10.6. The van der Waals surface area contributed by atoms with Gasteiger partial charge in [-0.05, 0) is 98.8 Å². The van der Waals surface area contributed by atoms with Gasteiger partial charge in [-0.3, -0.25) is 14.4 Å². The molecular weight excluding hydrogens is 540 g/mol. The molecule has 222 valence electrons. The molecule has 4 aromatic rings. The van der Waals surface area contributed by atoms with Crippen molar-refractivity contribution in [3.63, 3.8) is 0 Å². The van der Waals surface area contributed by atoms with Crippen LogP contribution in [0.15, 0.2) is 66.7 Å². The lowest BCUT2D eigenvalue weighted by Crippen LogP contribution is -2.40. The highest BCUT2D eigenvalue weighted by Gasteiger charge is 2.19. The summed E-state index contributed by atoms with van der Waals surface area (Å²) >= 11 is 0. The van der Waals surface area contributed by atoms with Gasteiger partial charge in [-0.25, -0.2) is 4.98 Å². The van der Waals surface area contributed by atoms with Gasteiger partial charge in [-0.1, -0.05) is 30.3 Å². The topological polar surface area (TPSA) is 101 Å². The Morgan fingerprint density at radius 2 is 1.70 bits per heavy atom. The molecule has 3 aromatic carbocycles. The van der Waals surface area contributed by atoms with Crippen LogP contribution in [0.25, 0.3) is 17.0 Å². The molecule has 4 rings (SSSR count). The number of benzene rings is 3. The fourth-order valence-corrected chi connectivity index (χ4v) is 5.08. The van der Waals surface area contributed by atoms with Gasteiger partial charge in [0.15, 0.2) is 0 Å². The van der Waals surface area contributed by atoms with E-state index in [4.69, 9.17) is 9.72 Å². The minimum Gasteiger partial charge on any atom is -0.487 e. The van der Waals surface area contributed by atoms with E-state index < -0.39 is 0 Å². The molecule has 0 aliphatic heterocycles. The number of anilines is 1. The third kappa shape index (κ3) is 7.27. The van der Waals surface area contributed by atoms with E-state index >= 15 is 0 Å². The molecule has 0 atom stereocenters. The number of aromatic nitrogens is 1. The molecule has 8 heteroatoms. The van der Waals surface area contributed by atoms with Crippen molar-refractivity contribution < 1.29 is 19.1 Å². The number of pyridine rings is 1. The van der Waals surface area contributed by atoms with Gasteiger partial charge in [0.05, 0.1) is 6.54 Å². The fraction of sp³-hybridized carbons (Fsp3) is 0.257. The highest BCUT2D eigenvalue weighted by Crippen LogP contribution is 2.30. The normalized spacial score (nSPS) is 11.0. The standard InChI is InChI=1S/C35H38N4O4/c1-7-39(33(41)20-37-32(40)18-14-26-12-15-27(16-13-26)35(42)36-6)30-17-11-22(2)29(25(30)5)21-43-31-10-8-9-28-23(3)19-24(4)38-34(28)31/h8-19H,7,20-21H2,1-6H3,(H,36,42)(H,37,40). The number of aryl methyl sites for hydroxylation is 3. The van der Waals surface area contributed by atoms with E-state index in [-0.39, 0.29) is 24.3 Å². The molecule has 0 spiro atoms. The molecular formula is C35H38N4O4. The molecule has 0 unspecified atom stereocenters. The number of nitrogens with zero attached hydrogens (tertiary/aromatic N) is 2. The van der Waals surface area contributed by atoms with Gasteiger partial charge in [0.25, 0.3) is 5.91 Å². The van der Waals surface area contributed by atoms with Crippen LogP contribution in [0.1, 0.15) is 50.8 Å². The largest absolute Gasteiger partial charge is 0.487 e. The average Bonchev–Trinajstić information content (AvgIpc) is 3.00. The molecule has 0 aliphatic rings. The number of likely N-dealkylation sites (N-methyl/N-ethyl adjacent to an activating group) is 1. The van der Waals surface area contributed by atoms with Crippen molar-refractivity contribution in [2.75, 3.05) is 25.0 Å². The predicted molar refractivity (Wildman–Crippen MR) is 171 cm³/mol. The Morgan fingerprint density at radius 3 is 2.40 bits per heavy atom. The Bertz CT molecular complexity index is 1690. The third-order valence-corrected chi connectivity index (χ3v) is 7.46. The summed E-state index contributed by atoms with van der Waals surface area (Å²) in [5.74, 6) is -0.0658. The van der Waals surface area contributed by atoms with Gasteiger partial charge >= 0.3 is 0 Å². The zero-order chi connectivity index (χ0) is 31.1. The molecule has 1 heterocycles. The van der Waals surface area contributed by atoms with Gasteiger partial charge in [0, 0.05) is 42.0 Å². The van der Waals surface area contributed by atoms with Crippen LogP contribution in [0.3, 0.4) is 0 Å². The lowest BCUT2D eigenvalue weighted by atomic mass is 10.0. The molecule has 0 radical (unpaired) electrons. The molecule has 43 heavy (non-hydrogen) atoms. The number of hydrogen-bond donors (Lipinski definition) is 2. The van der Waals surface area contributed by atoms with Gasteiger partial charge < -0.3 is 20.3 Å². The molecule has 3 amide bonds. The molecule has 0 fully saturated rings. The van der Waals surface area contributed by atoms with E-state index in [1.807, 2.05) is 58.0 Å². The zero-order valence-electron chi connectivity index (χ0n) is 25.6. The number of carbonyl (C=O) groups excluding carboxylic acids is 3. The van der Waals surface area contributed by atoms with Crippen LogP contribution in [0.5, 0.6) is 5.75 Å². The van der Waals surface area contributed by atoms with Crippen LogP contribution in [0.2, 0.25) is 0 Å². The number of carbonyl (C=O) groups is 3. The van der Waals surface area contributed by atoms with Crippen LogP contribution in [-0.4, -0.2) is 42.8 Å². The van der Waals surface area contributed by atoms with E-state index in [1.165, 1.54) is 6.08 Å². The average molecular weight is 579 g/mol. The zero-order valence-corrected chi connectivity index (χ0v) is 25.6. The Balaban J connectivity index is 1.44. The molecule has 0 saturated heterocycles. The second kappa shape index (κ2) is 13.8. The van der Waals surface area contributed by atoms with Gasteiger partial charge in [0.1, 0.15) is 17.9 Å². The van der Waals surface area contributed by atoms with Crippen LogP contribution < -0.4 is 20.3 Å². The summed E-state index contributed by atoms with van der Waals surface area (Å²) in [4.78, 5) is 43.8. The van der Waals surface area contributed by atoms with Crippen LogP contribution in [0.4, 0.5) is 5.69 Å². The van der Waals surface area contributed by atoms with Crippen LogP contribution in [-0.2, 0) is 16.2 Å². The van der Waals surface area contributed by atoms with Crippen molar-refractivity contribution in [1.82, 2.24) is 15.6 Å². The maximum absolute atomic E-state index is 13.2. The summed E-state index contributed by atoms with van der Waals surface area (Å²) in [5, 5.41) is 6.31. The third-order valence-electron chi connectivity index (χ3n) is 7.46. The fourth-order valence-electron chi connectivity index (χ4n) is 5.08. The van der Waals surface area contributed by atoms with Crippen molar-refractivity contribution in [2.45, 2.75) is 41.2 Å². The first-order chi connectivity index (χ1) is 20.6. The number of rotatable bonds is 10. The molecule has 0 bridgehead atoms. The lowest BCUT2D eigenvalue weighted by Gasteiger charge is -2.25. The second-order valence-electron chi connectivity index (χ2n) is 10.4. The van der Waals surface area contributed by atoms with Crippen molar-refractivity contribution in [1.29, 1.82) is 0 Å². The molecule has 0 aliphatic carbocycles. The maximum atomic E-state index is 13.2. The highest BCUT2D eigenvalue weighted by molar-refractivity contribution is 6.00. The predicted octanol–water partition coefficient (Wildman–Crippen LogP) is 5.59. The lowest BCUT2D eigenvalue weighted by molar-refractivity contribution is -0.122. The highest BCUT2D eigenvalue weighted by atomic mass is 16.5. The Kier molecular flexibility index (Phi) is 9.93. The monoisotopic (exact) mass is 578 g/mol. The minimum atomic E-state index is -0.385. The summed E-state index contributed by atoms with van der Waals surface area (Å²) in [7, 11) is 1.57.